The number of ether oxygens (including phenoxy) is 2. The van der Waals surface area contributed by atoms with E-state index in [1.807, 2.05) is 0 Å². The first-order valence-electron chi connectivity index (χ1n) is 6.50. The quantitative estimate of drug-likeness (QED) is 0.807. The van der Waals surface area contributed by atoms with Crippen molar-refractivity contribution in [2.75, 3.05) is 19.5 Å². The molecule has 0 radical (unpaired) electrons. The van der Waals surface area contributed by atoms with Crippen LogP contribution in [0.15, 0.2) is 18.2 Å². The minimum Gasteiger partial charge on any atom is -0.497 e. The molecule has 0 fully saturated rings. The van der Waals surface area contributed by atoms with Gasteiger partial charge in [0.25, 0.3) is 0 Å². The number of carbonyl (C=O) groups is 2. The fraction of sp³-hybridized carbons (Fsp3) is 0.467. The maximum Gasteiger partial charge on any atom is 0.303 e. The SMILES string of the molecule is COc1cc(NC(=O)CC(C)(C)CC(=O)O)cc(OC)c1. The summed E-state index contributed by atoms with van der Waals surface area (Å²) >= 11 is 0. The fourth-order valence-corrected chi connectivity index (χ4v) is 1.99. The van der Waals surface area contributed by atoms with E-state index in [4.69, 9.17) is 14.6 Å². The second kappa shape index (κ2) is 6.97. The maximum absolute atomic E-state index is 12.0. The highest BCUT2D eigenvalue weighted by atomic mass is 16.5. The lowest BCUT2D eigenvalue weighted by atomic mass is 9.85. The lowest BCUT2D eigenvalue weighted by molar-refractivity contribution is -0.139. The van der Waals surface area contributed by atoms with Gasteiger partial charge in [0.2, 0.25) is 5.91 Å². The zero-order valence-electron chi connectivity index (χ0n) is 12.7. The van der Waals surface area contributed by atoms with E-state index in [-0.39, 0.29) is 18.7 Å². The van der Waals surface area contributed by atoms with Crippen LogP contribution in [0.1, 0.15) is 26.7 Å². The molecule has 6 nitrogen and oxygen atoms in total. The summed E-state index contributed by atoms with van der Waals surface area (Å²) in [6.45, 7) is 3.49. The molecular formula is C15H21NO5. The highest BCUT2D eigenvalue weighted by Crippen LogP contribution is 2.28. The summed E-state index contributed by atoms with van der Waals surface area (Å²) in [7, 11) is 3.05. The van der Waals surface area contributed by atoms with Crippen molar-refractivity contribution in [3.8, 4) is 11.5 Å². The van der Waals surface area contributed by atoms with Crippen LogP contribution in [-0.4, -0.2) is 31.2 Å². The Kier molecular flexibility index (Phi) is 5.58. The molecule has 0 atom stereocenters. The molecule has 0 heterocycles. The molecule has 116 valence electrons. The number of rotatable bonds is 7. The van der Waals surface area contributed by atoms with Crippen LogP contribution in [0.5, 0.6) is 11.5 Å². The van der Waals surface area contributed by atoms with E-state index in [2.05, 4.69) is 5.32 Å². The lowest BCUT2D eigenvalue weighted by Gasteiger charge is -2.21. The van der Waals surface area contributed by atoms with Gasteiger partial charge in [-0.25, -0.2) is 0 Å². The first kappa shape index (κ1) is 16.8. The van der Waals surface area contributed by atoms with Gasteiger partial charge in [0.15, 0.2) is 0 Å². The van der Waals surface area contributed by atoms with Crippen LogP contribution in [0.4, 0.5) is 5.69 Å². The smallest absolute Gasteiger partial charge is 0.303 e. The summed E-state index contributed by atoms with van der Waals surface area (Å²) in [6, 6.07) is 5.04. The van der Waals surface area contributed by atoms with Gasteiger partial charge in [-0.15, -0.1) is 0 Å². The summed E-state index contributed by atoms with van der Waals surface area (Å²) < 4.78 is 10.2. The van der Waals surface area contributed by atoms with Crippen molar-refractivity contribution >= 4 is 17.6 Å². The van der Waals surface area contributed by atoms with Gasteiger partial charge in [-0.3, -0.25) is 9.59 Å². The normalized spacial score (nSPS) is 10.9. The van der Waals surface area contributed by atoms with E-state index in [0.717, 1.165) is 0 Å². The number of methoxy groups -OCH3 is 2. The molecule has 21 heavy (non-hydrogen) atoms. The Bertz CT molecular complexity index is 503. The second-order valence-electron chi connectivity index (χ2n) is 5.56. The average molecular weight is 295 g/mol. The highest BCUT2D eigenvalue weighted by Gasteiger charge is 2.25. The number of benzene rings is 1. The van der Waals surface area contributed by atoms with Gasteiger partial charge < -0.3 is 19.9 Å². The summed E-state index contributed by atoms with van der Waals surface area (Å²) in [5, 5.41) is 11.6. The number of aliphatic carboxylic acids is 1. The summed E-state index contributed by atoms with van der Waals surface area (Å²) in [5.74, 6) is -0.0451. The number of amides is 1. The van der Waals surface area contributed by atoms with Crippen molar-refractivity contribution < 1.29 is 24.2 Å². The summed E-state index contributed by atoms with van der Waals surface area (Å²) in [4.78, 5) is 22.8. The first-order chi connectivity index (χ1) is 9.75. The van der Waals surface area contributed by atoms with Crippen molar-refractivity contribution in [1.82, 2.24) is 0 Å². The highest BCUT2D eigenvalue weighted by molar-refractivity contribution is 5.91. The Morgan fingerprint density at radius 3 is 2.05 bits per heavy atom. The third-order valence-electron chi connectivity index (χ3n) is 2.90. The molecule has 6 heteroatoms. The van der Waals surface area contributed by atoms with Crippen LogP contribution in [0.2, 0.25) is 0 Å². The van der Waals surface area contributed by atoms with Crippen molar-refractivity contribution in [3.05, 3.63) is 18.2 Å². The molecule has 0 saturated heterocycles. The summed E-state index contributed by atoms with van der Waals surface area (Å²) in [5.41, 5.74) is -0.0684. The van der Waals surface area contributed by atoms with Crippen LogP contribution in [0.25, 0.3) is 0 Å². The fourth-order valence-electron chi connectivity index (χ4n) is 1.99. The van der Waals surface area contributed by atoms with E-state index in [9.17, 15) is 9.59 Å². The first-order valence-corrected chi connectivity index (χ1v) is 6.50. The third-order valence-corrected chi connectivity index (χ3v) is 2.90. The van der Waals surface area contributed by atoms with Crippen LogP contribution in [0, 0.1) is 5.41 Å². The topological polar surface area (TPSA) is 84.9 Å². The molecule has 1 aromatic carbocycles. The molecule has 0 aromatic heterocycles. The van der Waals surface area contributed by atoms with E-state index in [0.29, 0.717) is 17.2 Å². The molecule has 0 spiro atoms. The molecule has 1 aromatic rings. The third kappa shape index (κ3) is 5.72. The number of carboxylic acids is 1. The van der Waals surface area contributed by atoms with E-state index in [1.165, 1.54) is 14.2 Å². The zero-order valence-corrected chi connectivity index (χ0v) is 12.7. The van der Waals surface area contributed by atoms with Gasteiger partial charge in [0.05, 0.1) is 20.6 Å². The van der Waals surface area contributed by atoms with Crippen molar-refractivity contribution in [3.63, 3.8) is 0 Å². The molecule has 2 N–H and O–H groups in total. The zero-order chi connectivity index (χ0) is 16.0. The number of hydrogen-bond donors (Lipinski definition) is 2. The Hall–Kier alpha value is -2.24. The average Bonchev–Trinajstić information content (AvgIpc) is 2.35. The number of nitrogens with one attached hydrogen (secondary N) is 1. The Balaban J connectivity index is 2.76. The number of hydrogen-bond acceptors (Lipinski definition) is 4. The van der Waals surface area contributed by atoms with Crippen molar-refractivity contribution in [1.29, 1.82) is 0 Å². The van der Waals surface area contributed by atoms with Gasteiger partial charge in [0.1, 0.15) is 11.5 Å². The van der Waals surface area contributed by atoms with Gasteiger partial charge in [0, 0.05) is 30.3 Å². The molecule has 0 bridgehead atoms. The molecule has 0 aliphatic heterocycles. The predicted molar refractivity (Wildman–Crippen MR) is 78.8 cm³/mol. The molecule has 1 rings (SSSR count). The van der Waals surface area contributed by atoms with Crippen LogP contribution >= 0.6 is 0 Å². The van der Waals surface area contributed by atoms with Crippen LogP contribution in [-0.2, 0) is 9.59 Å². The predicted octanol–water partition coefficient (Wildman–Crippen LogP) is 2.53. The second-order valence-corrected chi connectivity index (χ2v) is 5.56. The number of carboxylic acid groups (broad SMARTS) is 1. The Morgan fingerprint density at radius 1 is 1.10 bits per heavy atom. The lowest BCUT2D eigenvalue weighted by Crippen LogP contribution is -2.24. The monoisotopic (exact) mass is 295 g/mol. The van der Waals surface area contributed by atoms with E-state index >= 15 is 0 Å². The van der Waals surface area contributed by atoms with Crippen molar-refractivity contribution in [2.45, 2.75) is 26.7 Å². The van der Waals surface area contributed by atoms with Gasteiger partial charge in [-0.2, -0.15) is 0 Å². The molecule has 0 saturated carbocycles. The van der Waals surface area contributed by atoms with Gasteiger partial charge in [-0.05, 0) is 5.41 Å². The van der Waals surface area contributed by atoms with Crippen LogP contribution < -0.4 is 14.8 Å². The van der Waals surface area contributed by atoms with E-state index < -0.39 is 11.4 Å². The Labute approximate surface area is 124 Å². The number of carbonyl (C=O) groups excluding carboxylic acids is 1. The minimum absolute atomic E-state index is 0.0676. The summed E-state index contributed by atoms with van der Waals surface area (Å²) in [6.07, 6.45) is 0.0423. The molecule has 0 unspecified atom stereocenters. The molecule has 1 amide bonds. The van der Waals surface area contributed by atoms with Gasteiger partial charge >= 0.3 is 5.97 Å². The maximum atomic E-state index is 12.0. The Morgan fingerprint density at radius 2 is 1.62 bits per heavy atom. The van der Waals surface area contributed by atoms with Crippen LogP contribution in [0.3, 0.4) is 0 Å². The molecule has 0 aliphatic carbocycles. The molecular weight excluding hydrogens is 274 g/mol. The van der Waals surface area contributed by atoms with Crippen molar-refractivity contribution in [2.24, 2.45) is 5.41 Å². The van der Waals surface area contributed by atoms with Gasteiger partial charge in [-0.1, -0.05) is 13.8 Å². The molecule has 0 aliphatic rings. The van der Waals surface area contributed by atoms with E-state index in [1.54, 1.807) is 32.0 Å². The minimum atomic E-state index is -0.921. The largest absolute Gasteiger partial charge is 0.497 e. The standard InChI is InChI=1S/C15H21NO5/c1-15(2,9-14(18)19)8-13(17)16-10-5-11(20-3)7-12(6-10)21-4/h5-7H,8-9H2,1-4H3,(H,16,17)(H,18,19). The number of anilines is 1.